The first-order valence-corrected chi connectivity index (χ1v) is 6.89. The number of aryl methyl sites for hydroxylation is 2. The van der Waals surface area contributed by atoms with Crippen LogP contribution in [0.1, 0.15) is 23.4 Å². The Balaban J connectivity index is 1.96. The Morgan fingerprint density at radius 3 is 2.75 bits per heavy atom. The number of rotatable bonds is 4. The fourth-order valence-corrected chi connectivity index (χ4v) is 2.40. The quantitative estimate of drug-likeness (QED) is 0.940. The zero-order chi connectivity index (χ0) is 14.7. The molecule has 5 heteroatoms. The van der Waals surface area contributed by atoms with Crippen LogP contribution >= 0.6 is 11.6 Å². The van der Waals surface area contributed by atoms with Crippen LogP contribution in [-0.4, -0.2) is 15.7 Å². The van der Waals surface area contributed by atoms with Gasteiger partial charge in [0.2, 0.25) is 5.91 Å². The monoisotopic (exact) mass is 291 g/mol. The average Bonchev–Trinajstić information content (AvgIpc) is 2.61. The van der Waals surface area contributed by atoms with E-state index in [9.17, 15) is 4.79 Å². The largest absolute Gasteiger partial charge is 0.326 e. The van der Waals surface area contributed by atoms with E-state index in [1.165, 1.54) is 0 Å². The Morgan fingerprint density at radius 1 is 1.40 bits per heavy atom. The third-order valence-corrected chi connectivity index (χ3v) is 3.60. The normalized spacial score (nSPS) is 10.6. The lowest BCUT2D eigenvalue weighted by atomic mass is 10.1. The first-order valence-electron chi connectivity index (χ1n) is 6.52. The molecule has 1 N–H and O–H groups in total. The van der Waals surface area contributed by atoms with Crippen LogP contribution in [0.25, 0.3) is 0 Å². The summed E-state index contributed by atoms with van der Waals surface area (Å²) in [6, 6.07) is 7.15. The number of aromatic nitrogens is 2. The van der Waals surface area contributed by atoms with Crippen LogP contribution in [0.2, 0.25) is 5.02 Å². The predicted octanol–water partition coefficient (Wildman–Crippen LogP) is 3.26. The van der Waals surface area contributed by atoms with E-state index in [1.807, 2.05) is 37.7 Å². The summed E-state index contributed by atoms with van der Waals surface area (Å²) in [5.41, 5.74) is 3.97. The highest BCUT2D eigenvalue weighted by molar-refractivity contribution is 6.30. The first-order chi connectivity index (χ1) is 9.47. The molecule has 0 saturated heterocycles. The van der Waals surface area contributed by atoms with Gasteiger partial charge >= 0.3 is 0 Å². The maximum Gasteiger partial charge on any atom is 0.224 e. The van der Waals surface area contributed by atoms with Crippen molar-refractivity contribution >= 4 is 23.2 Å². The van der Waals surface area contributed by atoms with E-state index in [0.717, 1.165) is 22.6 Å². The molecule has 0 saturated carbocycles. The highest BCUT2D eigenvalue weighted by Crippen LogP contribution is 2.17. The molecule has 4 nitrogen and oxygen atoms in total. The summed E-state index contributed by atoms with van der Waals surface area (Å²) in [5, 5.41) is 7.81. The van der Waals surface area contributed by atoms with Crippen molar-refractivity contribution in [3.8, 4) is 0 Å². The molecule has 2 rings (SSSR count). The highest BCUT2D eigenvalue weighted by Gasteiger charge is 2.11. The summed E-state index contributed by atoms with van der Waals surface area (Å²) >= 11 is 5.88. The maximum atomic E-state index is 11.9. The summed E-state index contributed by atoms with van der Waals surface area (Å²) in [5.74, 6) is -0.0186. The molecular formula is C15H18ClN3O. The fourth-order valence-electron chi connectivity index (χ4n) is 2.21. The van der Waals surface area contributed by atoms with Crippen molar-refractivity contribution in [2.45, 2.75) is 26.7 Å². The van der Waals surface area contributed by atoms with E-state index in [1.54, 1.807) is 12.1 Å². The van der Waals surface area contributed by atoms with Gasteiger partial charge in [-0.1, -0.05) is 17.7 Å². The SMILES string of the molecule is Cc1nn(C)c(C)c1CCC(=O)Nc1cccc(Cl)c1. The van der Waals surface area contributed by atoms with Gasteiger partial charge in [0.15, 0.2) is 0 Å². The molecule has 20 heavy (non-hydrogen) atoms. The van der Waals surface area contributed by atoms with Gasteiger partial charge in [-0.3, -0.25) is 9.48 Å². The molecular weight excluding hydrogens is 274 g/mol. The minimum absolute atomic E-state index is 0.0186. The lowest BCUT2D eigenvalue weighted by molar-refractivity contribution is -0.116. The van der Waals surface area contributed by atoms with E-state index in [0.29, 0.717) is 17.9 Å². The zero-order valence-electron chi connectivity index (χ0n) is 11.9. The molecule has 0 aliphatic rings. The molecule has 0 atom stereocenters. The van der Waals surface area contributed by atoms with E-state index in [-0.39, 0.29) is 5.91 Å². The molecule has 0 spiro atoms. The van der Waals surface area contributed by atoms with E-state index in [2.05, 4.69) is 10.4 Å². The van der Waals surface area contributed by atoms with Gasteiger partial charge in [-0.25, -0.2) is 0 Å². The maximum absolute atomic E-state index is 11.9. The number of benzene rings is 1. The smallest absolute Gasteiger partial charge is 0.224 e. The van der Waals surface area contributed by atoms with Crippen molar-refractivity contribution in [1.82, 2.24) is 9.78 Å². The van der Waals surface area contributed by atoms with E-state index in [4.69, 9.17) is 11.6 Å². The van der Waals surface area contributed by atoms with Gasteiger partial charge in [0.05, 0.1) is 5.69 Å². The van der Waals surface area contributed by atoms with Crippen LogP contribution in [0.15, 0.2) is 24.3 Å². The number of carbonyl (C=O) groups is 1. The second-order valence-electron chi connectivity index (χ2n) is 4.83. The molecule has 2 aromatic rings. The number of nitrogens with one attached hydrogen (secondary N) is 1. The Bertz CT molecular complexity index is 634. The van der Waals surface area contributed by atoms with Gasteiger partial charge in [-0.15, -0.1) is 0 Å². The van der Waals surface area contributed by atoms with E-state index >= 15 is 0 Å². The predicted molar refractivity (Wildman–Crippen MR) is 81.1 cm³/mol. The van der Waals surface area contributed by atoms with Gasteiger partial charge < -0.3 is 5.32 Å². The van der Waals surface area contributed by atoms with Crippen molar-refractivity contribution in [2.75, 3.05) is 5.32 Å². The van der Waals surface area contributed by atoms with Crippen molar-refractivity contribution in [3.05, 3.63) is 46.2 Å². The second-order valence-corrected chi connectivity index (χ2v) is 5.27. The minimum Gasteiger partial charge on any atom is -0.326 e. The van der Waals surface area contributed by atoms with Crippen LogP contribution in [-0.2, 0) is 18.3 Å². The van der Waals surface area contributed by atoms with Gasteiger partial charge in [0, 0.05) is 29.9 Å². The van der Waals surface area contributed by atoms with Crippen LogP contribution in [0, 0.1) is 13.8 Å². The number of hydrogen-bond donors (Lipinski definition) is 1. The molecule has 1 heterocycles. The average molecular weight is 292 g/mol. The Hall–Kier alpha value is -1.81. The second kappa shape index (κ2) is 6.09. The topological polar surface area (TPSA) is 46.9 Å². The number of carbonyl (C=O) groups excluding carboxylic acids is 1. The first kappa shape index (κ1) is 14.6. The van der Waals surface area contributed by atoms with Gasteiger partial charge in [0.25, 0.3) is 0 Å². The lowest BCUT2D eigenvalue weighted by Crippen LogP contribution is -2.12. The summed E-state index contributed by atoms with van der Waals surface area (Å²) in [6.45, 7) is 3.99. The van der Waals surface area contributed by atoms with Crippen molar-refractivity contribution in [1.29, 1.82) is 0 Å². The summed E-state index contributed by atoms with van der Waals surface area (Å²) in [4.78, 5) is 11.9. The van der Waals surface area contributed by atoms with Gasteiger partial charge in [0.1, 0.15) is 0 Å². The Labute approximate surface area is 123 Å². The minimum atomic E-state index is -0.0186. The van der Waals surface area contributed by atoms with Crippen LogP contribution in [0.4, 0.5) is 5.69 Å². The van der Waals surface area contributed by atoms with Crippen LogP contribution in [0.3, 0.4) is 0 Å². The standard InChI is InChI=1S/C15H18ClN3O/c1-10-14(11(2)19(3)18-10)7-8-15(20)17-13-6-4-5-12(16)9-13/h4-6,9H,7-8H2,1-3H3,(H,17,20). The summed E-state index contributed by atoms with van der Waals surface area (Å²) < 4.78 is 1.85. The number of amides is 1. The molecule has 0 unspecified atom stereocenters. The summed E-state index contributed by atoms with van der Waals surface area (Å²) in [7, 11) is 1.91. The lowest BCUT2D eigenvalue weighted by Gasteiger charge is -2.06. The molecule has 1 aromatic heterocycles. The zero-order valence-corrected chi connectivity index (χ0v) is 12.7. The van der Waals surface area contributed by atoms with Crippen molar-refractivity contribution in [2.24, 2.45) is 7.05 Å². The number of hydrogen-bond acceptors (Lipinski definition) is 2. The Morgan fingerprint density at radius 2 is 2.15 bits per heavy atom. The number of halogens is 1. The van der Waals surface area contributed by atoms with Crippen LogP contribution < -0.4 is 5.32 Å². The molecule has 0 fully saturated rings. The Kier molecular flexibility index (Phi) is 4.45. The van der Waals surface area contributed by atoms with Gasteiger partial charge in [-0.05, 0) is 44.0 Å². The van der Waals surface area contributed by atoms with Crippen LogP contribution in [0.5, 0.6) is 0 Å². The third kappa shape index (κ3) is 3.39. The summed E-state index contributed by atoms with van der Waals surface area (Å²) in [6.07, 6.45) is 1.12. The van der Waals surface area contributed by atoms with Crippen molar-refractivity contribution < 1.29 is 4.79 Å². The fraction of sp³-hybridized carbons (Fsp3) is 0.333. The molecule has 0 aliphatic carbocycles. The van der Waals surface area contributed by atoms with Gasteiger partial charge in [-0.2, -0.15) is 5.10 Å². The molecule has 0 bridgehead atoms. The van der Waals surface area contributed by atoms with Crippen molar-refractivity contribution in [3.63, 3.8) is 0 Å². The third-order valence-electron chi connectivity index (χ3n) is 3.37. The number of nitrogens with zero attached hydrogens (tertiary/aromatic N) is 2. The molecule has 106 valence electrons. The van der Waals surface area contributed by atoms with E-state index < -0.39 is 0 Å². The highest BCUT2D eigenvalue weighted by atomic mass is 35.5. The molecule has 0 radical (unpaired) electrons. The molecule has 0 aliphatic heterocycles. The number of anilines is 1. The molecule has 1 aromatic carbocycles. The molecule has 1 amide bonds.